The van der Waals surface area contributed by atoms with Crippen molar-refractivity contribution in [2.75, 3.05) is 0 Å². The minimum absolute atomic E-state index is 0.201. The van der Waals surface area contributed by atoms with E-state index in [-0.39, 0.29) is 24.0 Å². The average molecular weight is 194 g/mol. The van der Waals surface area contributed by atoms with Gasteiger partial charge in [0, 0.05) is 11.1 Å². The number of carbonyl (C=O) groups excluding carboxylic acids is 2. The molecule has 0 fully saturated rings. The predicted molar refractivity (Wildman–Crippen MR) is 55.0 cm³/mol. The molecule has 2 amide bonds. The van der Waals surface area contributed by atoms with Crippen molar-refractivity contribution in [3.63, 3.8) is 0 Å². The lowest BCUT2D eigenvalue weighted by molar-refractivity contribution is -0.117. The number of nitrogens with two attached hydrogens (primary N) is 2. The van der Waals surface area contributed by atoms with Crippen LogP contribution in [0, 0.1) is 0 Å². The molecule has 0 saturated carbocycles. The second-order valence-corrected chi connectivity index (χ2v) is 2.67. The monoisotopic (exact) mass is 194 g/mol. The molecule has 0 bridgehead atoms. The maximum Gasteiger partial charge on any atom is 0.245 e. The van der Waals surface area contributed by atoms with Crippen LogP contribution in [0.25, 0.3) is 0 Å². The Bertz CT molecular complexity index is 273. The van der Waals surface area contributed by atoms with E-state index < -0.39 is 11.8 Å². The molecular formula is C10H14N2O2. The first-order chi connectivity index (χ1) is 6.54. The maximum atomic E-state index is 11.0. The van der Waals surface area contributed by atoms with Gasteiger partial charge in [-0.05, 0) is 12.8 Å². The molecule has 0 aromatic rings. The molecule has 0 aliphatic carbocycles. The second kappa shape index (κ2) is 5.75. The van der Waals surface area contributed by atoms with E-state index in [1.807, 2.05) is 0 Å². The van der Waals surface area contributed by atoms with Gasteiger partial charge in [-0.2, -0.15) is 0 Å². The van der Waals surface area contributed by atoms with Gasteiger partial charge in [0.15, 0.2) is 0 Å². The number of allylic oxidation sites excluding steroid dienone is 2. The second-order valence-electron chi connectivity index (χ2n) is 2.67. The van der Waals surface area contributed by atoms with Crippen LogP contribution in [0.2, 0.25) is 0 Å². The molecule has 4 nitrogen and oxygen atoms in total. The van der Waals surface area contributed by atoms with E-state index in [1.165, 1.54) is 12.2 Å². The van der Waals surface area contributed by atoms with Crippen molar-refractivity contribution in [3.05, 3.63) is 36.5 Å². The summed E-state index contributed by atoms with van der Waals surface area (Å²) in [6.45, 7) is 6.93. The number of carbonyl (C=O) groups is 2. The molecule has 0 heterocycles. The van der Waals surface area contributed by atoms with Crippen molar-refractivity contribution >= 4 is 11.8 Å². The molecule has 0 aliphatic heterocycles. The number of rotatable bonds is 6. The van der Waals surface area contributed by atoms with Crippen LogP contribution in [0.5, 0.6) is 0 Å². The molecular weight excluding hydrogens is 180 g/mol. The SMILES string of the molecule is C=CC/C(C(N)=O)=C(\CC=C)C(N)=O. The summed E-state index contributed by atoms with van der Waals surface area (Å²) in [6, 6.07) is 0. The Balaban J connectivity index is 5.23. The molecule has 76 valence electrons. The van der Waals surface area contributed by atoms with Gasteiger partial charge in [-0.1, -0.05) is 12.2 Å². The lowest BCUT2D eigenvalue weighted by atomic mass is 10.0. The van der Waals surface area contributed by atoms with Crippen LogP contribution in [0.4, 0.5) is 0 Å². The first-order valence-corrected chi connectivity index (χ1v) is 4.08. The van der Waals surface area contributed by atoms with Crippen molar-refractivity contribution in [2.45, 2.75) is 12.8 Å². The Morgan fingerprint density at radius 1 is 0.929 bits per heavy atom. The highest BCUT2D eigenvalue weighted by molar-refractivity contribution is 6.03. The van der Waals surface area contributed by atoms with Gasteiger partial charge in [-0.25, -0.2) is 0 Å². The zero-order valence-electron chi connectivity index (χ0n) is 7.95. The van der Waals surface area contributed by atoms with E-state index >= 15 is 0 Å². The molecule has 0 atom stereocenters. The summed E-state index contributed by atoms with van der Waals surface area (Å²) >= 11 is 0. The molecule has 0 aromatic heterocycles. The summed E-state index contributed by atoms with van der Waals surface area (Å²) in [5.74, 6) is -1.30. The Labute approximate surface area is 83.0 Å². The van der Waals surface area contributed by atoms with Crippen molar-refractivity contribution in [1.29, 1.82) is 0 Å². The quantitative estimate of drug-likeness (QED) is 0.474. The van der Waals surface area contributed by atoms with Gasteiger partial charge in [-0.15, -0.1) is 13.2 Å². The van der Waals surface area contributed by atoms with Crippen LogP contribution in [0.3, 0.4) is 0 Å². The van der Waals surface area contributed by atoms with Gasteiger partial charge in [0.1, 0.15) is 0 Å². The van der Waals surface area contributed by atoms with Crippen LogP contribution >= 0.6 is 0 Å². The largest absolute Gasteiger partial charge is 0.366 e. The smallest absolute Gasteiger partial charge is 0.245 e. The first-order valence-electron chi connectivity index (χ1n) is 4.08. The van der Waals surface area contributed by atoms with Gasteiger partial charge >= 0.3 is 0 Å². The fraction of sp³-hybridized carbons (Fsp3) is 0.200. The zero-order chi connectivity index (χ0) is 11.1. The Kier molecular flexibility index (Phi) is 4.99. The van der Waals surface area contributed by atoms with Crippen molar-refractivity contribution in [3.8, 4) is 0 Å². The van der Waals surface area contributed by atoms with Crippen LogP contribution in [-0.4, -0.2) is 11.8 Å². The third kappa shape index (κ3) is 3.26. The van der Waals surface area contributed by atoms with Crippen LogP contribution < -0.4 is 11.5 Å². The number of hydrogen-bond acceptors (Lipinski definition) is 2. The Morgan fingerprint density at radius 3 is 1.36 bits per heavy atom. The first kappa shape index (κ1) is 12.2. The summed E-state index contributed by atoms with van der Waals surface area (Å²) in [5.41, 5.74) is 10.6. The summed E-state index contributed by atoms with van der Waals surface area (Å²) in [5, 5.41) is 0. The summed E-state index contributed by atoms with van der Waals surface area (Å²) in [6.07, 6.45) is 3.46. The van der Waals surface area contributed by atoms with E-state index in [2.05, 4.69) is 13.2 Å². The Morgan fingerprint density at radius 2 is 1.21 bits per heavy atom. The fourth-order valence-corrected chi connectivity index (χ4v) is 1.03. The van der Waals surface area contributed by atoms with Crippen LogP contribution in [-0.2, 0) is 9.59 Å². The van der Waals surface area contributed by atoms with Gasteiger partial charge in [0.05, 0.1) is 0 Å². The lowest BCUT2D eigenvalue weighted by Crippen LogP contribution is -2.22. The highest BCUT2D eigenvalue weighted by Crippen LogP contribution is 2.13. The fourth-order valence-electron chi connectivity index (χ4n) is 1.03. The van der Waals surface area contributed by atoms with Gasteiger partial charge in [0.25, 0.3) is 0 Å². The van der Waals surface area contributed by atoms with Gasteiger partial charge in [0.2, 0.25) is 11.8 Å². The number of primary amides is 2. The summed E-state index contributed by atoms with van der Waals surface area (Å²) in [7, 11) is 0. The molecule has 0 aliphatic rings. The van der Waals surface area contributed by atoms with E-state index in [9.17, 15) is 9.59 Å². The minimum Gasteiger partial charge on any atom is -0.366 e. The summed E-state index contributed by atoms with van der Waals surface area (Å²) in [4.78, 5) is 22.0. The standard InChI is InChI=1S/C10H14N2O2/c1-3-5-7(9(11)13)8(6-4-2)10(12)14/h3-4H,1-2,5-6H2,(H2,11,13)(H2,12,14)/b8-7-. The topological polar surface area (TPSA) is 86.2 Å². The van der Waals surface area contributed by atoms with Crippen LogP contribution in [0.15, 0.2) is 36.5 Å². The Hall–Kier alpha value is -1.84. The summed E-state index contributed by atoms with van der Waals surface area (Å²) < 4.78 is 0. The molecule has 14 heavy (non-hydrogen) atoms. The highest BCUT2D eigenvalue weighted by atomic mass is 16.2. The van der Waals surface area contributed by atoms with Crippen LogP contribution in [0.1, 0.15) is 12.8 Å². The maximum absolute atomic E-state index is 11.0. The molecule has 0 unspecified atom stereocenters. The molecule has 4 heteroatoms. The molecule has 0 radical (unpaired) electrons. The average Bonchev–Trinajstić information content (AvgIpc) is 2.10. The third-order valence-electron chi connectivity index (χ3n) is 1.66. The molecule has 0 spiro atoms. The highest BCUT2D eigenvalue weighted by Gasteiger charge is 2.14. The van der Waals surface area contributed by atoms with Gasteiger partial charge in [-0.3, -0.25) is 9.59 Å². The minimum atomic E-state index is -0.652. The van der Waals surface area contributed by atoms with Gasteiger partial charge < -0.3 is 11.5 Å². The van der Waals surface area contributed by atoms with E-state index in [4.69, 9.17) is 11.5 Å². The number of amides is 2. The molecule has 0 saturated heterocycles. The molecule has 0 rings (SSSR count). The lowest BCUT2D eigenvalue weighted by Gasteiger charge is -2.06. The van der Waals surface area contributed by atoms with E-state index in [0.29, 0.717) is 0 Å². The van der Waals surface area contributed by atoms with Crippen molar-refractivity contribution in [2.24, 2.45) is 11.5 Å². The molecule has 0 aromatic carbocycles. The van der Waals surface area contributed by atoms with Crippen molar-refractivity contribution in [1.82, 2.24) is 0 Å². The zero-order valence-corrected chi connectivity index (χ0v) is 7.95. The number of hydrogen-bond donors (Lipinski definition) is 2. The normalized spacial score (nSPS) is 11.4. The van der Waals surface area contributed by atoms with Crippen molar-refractivity contribution < 1.29 is 9.59 Å². The predicted octanol–water partition coefficient (Wildman–Crippen LogP) is 0.406. The third-order valence-corrected chi connectivity index (χ3v) is 1.66. The van der Waals surface area contributed by atoms with E-state index in [1.54, 1.807) is 0 Å². The van der Waals surface area contributed by atoms with E-state index in [0.717, 1.165) is 0 Å². The molecule has 4 N–H and O–H groups in total.